The third-order valence-corrected chi connectivity index (χ3v) is 5.21. The Morgan fingerprint density at radius 1 is 1.31 bits per heavy atom. The summed E-state index contributed by atoms with van der Waals surface area (Å²) < 4.78 is 30.2. The number of sulfonamides is 1. The number of carbonyl (C=O) groups is 2. The maximum Gasteiger partial charge on any atom is 0.338 e. The number of carbonyl (C=O) groups excluding carboxylic acids is 2. The average molecular weight is 383 g/mol. The normalized spacial score (nSPS) is 12.3. The van der Waals surface area contributed by atoms with Gasteiger partial charge in [0.05, 0.1) is 30.1 Å². The predicted octanol–water partition coefficient (Wildman–Crippen LogP) is 0.786. The van der Waals surface area contributed by atoms with Crippen LogP contribution in [0.15, 0.2) is 29.2 Å². The largest absolute Gasteiger partial charge is 0.449 e. The number of esters is 1. The molecule has 0 aliphatic carbocycles. The fourth-order valence-corrected chi connectivity index (χ4v) is 2.97. The SMILES string of the molecule is CON(C)S(=O)(=O)c1cccc(C(=O)O[C@@H](C)C(=O)N(C)CCC#N)c1. The molecule has 0 radical (unpaired) electrons. The van der Waals surface area contributed by atoms with Crippen LogP contribution >= 0.6 is 0 Å². The van der Waals surface area contributed by atoms with Gasteiger partial charge in [0.1, 0.15) is 0 Å². The lowest BCUT2D eigenvalue weighted by Crippen LogP contribution is -2.37. The zero-order chi connectivity index (χ0) is 19.9. The number of nitriles is 1. The molecule has 1 atom stereocenters. The van der Waals surface area contributed by atoms with E-state index in [9.17, 15) is 18.0 Å². The number of ether oxygens (including phenoxy) is 1. The standard InChI is InChI=1S/C16H21N3O6S/c1-12(15(20)18(2)10-6-9-17)25-16(21)13-7-5-8-14(11-13)26(22,23)19(3)24-4/h5,7-8,11-12H,6,10H2,1-4H3/t12-/m0/s1. The smallest absolute Gasteiger partial charge is 0.338 e. The molecule has 1 rings (SSSR count). The molecule has 0 heterocycles. The van der Waals surface area contributed by atoms with E-state index in [0.29, 0.717) is 4.47 Å². The molecule has 142 valence electrons. The van der Waals surface area contributed by atoms with Gasteiger partial charge in [0.2, 0.25) is 0 Å². The second-order valence-electron chi connectivity index (χ2n) is 5.34. The van der Waals surface area contributed by atoms with Gasteiger partial charge in [-0.3, -0.25) is 9.63 Å². The van der Waals surface area contributed by atoms with E-state index >= 15 is 0 Å². The summed E-state index contributed by atoms with van der Waals surface area (Å²) in [5.41, 5.74) is -0.0186. The summed E-state index contributed by atoms with van der Waals surface area (Å²) in [7, 11) is 0.00232. The van der Waals surface area contributed by atoms with Crippen LogP contribution in [0.25, 0.3) is 0 Å². The number of hydrogen-bond donors (Lipinski definition) is 0. The van der Waals surface area contributed by atoms with Gasteiger partial charge in [-0.05, 0) is 25.1 Å². The maximum absolute atomic E-state index is 12.2. The van der Waals surface area contributed by atoms with Gasteiger partial charge < -0.3 is 9.64 Å². The third kappa shape index (κ3) is 5.26. The van der Waals surface area contributed by atoms with Crippen molar-refractivity contribution < 1.29 is 27.6 Å². The minimum absolute atomic E-state index is 0.0186. The van der Waals surface area contributed by atoms with Crippen LogP contribution in [0.2, 0.25) is 0 Å². The van der Waals surface area contributed by atoms with E-state index in [-0.39, 0.29) is 23.4 Å². The molecule has 0 N–H and O–H groups in total. The van der Waals surface area contributed by atoms with E-state index in [1.54, 1.807) is 0 Å². The number of hydrogen-bond acceptors (Lipinski definition) is 7. The van der Waals surface area contributed by atoms with E-state index in [1.165, 1.54) is 51.2 Å². The van der Waals surface area contributed by atoms with Crippen LogP contribution < -0.4 is 0 Å². The Kier molecular flexibility index (Phi) is 7.70. The van der Waals surface area contributed by atoms with Crippen LogP contribution in [-0.2, 0) is 24.4 Å². The van der Waals surface area contributed by atoms with Crippen LogP contribution in [0.5, 0.6) is 0 Å². The van der Waals surface area contributed by atoms with E-state index in [4.69, 9.17) is 10.00 Å². The molecule has 0 saturated carbocycles. The van der Waals surface area contributed by atoms with Crippen molar-refractivity contribution >= 4 is 21.9 Å². The summed E-state index contributed by atoms with van der Waals surface area (Å²) in [6.45, 7) is 1.62. The molecule has 1 aromatic carbocycles. The lowest BCUT2D eigenvalue weighted by molar-refractivity contribution is -0.138. The number of hydroxylamine groups is 1. The molecule has 26 heavy (non-hydrogen) atoms. The van der Waals surface area contributed by atoms with Gasteiger partial charge in [0.25, 0.3) is 15.9 Å². The number of benzene rings is 1. The Morgan fingerprint density at radius 2 is 1.96 bits per heavy atom. The molecule has 0 fully saturated rings. The minimum Gasteiger partial charge on any atom is -0.449 e. The van der Waals surface area contributed by atoms with Crippen molar-refractivity contribution in [3.8, 4) is 6.07 Å². The Morgan fingerprint density at radius 3 is 2.54 bits per heavy atom. The van der Waals surface area contributed by atoms with Crippen LogP contribution in [0.1, 0.15) is 23.7 Å². The second-order valence-corrected chi connectivity index (χ2v) is 7.28. The van der Waals surface area contributed by atoms with Crippen molar-refractivity contribution in [1.82, 2.24) is 9.37 Å². The van der Waals surface area contributed by atoms with Crippen LogP contribution in [0.4, 0.5) is 0 Å². The zero-order valence-corrected chi connectivity index (χ0v) is 15.8. The lowest BCUT2D eigenvalue weighted by atomic mass is 10.2. The minimum atomic E-state index is -3.92. The van der Waals surface area contributed by atoms with E-state index in [0.717, 1.165) is 6.07 Å². The highest BCUT2D eigenvalue weighted by Crippen LogP contribution is 2.17. The van der Waals surface area contributed by atoms with E-state index in [2.05, 4.69) is 4.84 Å². The van der Waals surface area contributed by atoms with Crippen molar-refractivity contribution in [1.29, 1.82) is 5.26 Å². The first-order chi connectivity index (χ1) is 12.1. The van der Waals surface area contributed by atoms with Crippen LogP contribution in [0, 0.1) is 11.3 Å². The Bertz CT molecular complexity index is 802. The predicted molar refractivity (Wildman–Crippen MR) is 91.1 cm³/mol. The average Bonchev–Trinajstić information content (AvgIpc) is 2.64. The van der Waals surface area contributed by atoms with Crippen molar-refractivity contribution in [2.75, 3.05) is 27.7 Å². The van der Waals surface area contributed by atoms with Gasteiger partial charge in [-0.25, -0.2) is 13.2 Å². The highest BCUT2D eigenvalue weighted by atomic mass is 32.2. The first-order valence-electron chi connectivity index (χ1n) is 7.61. The molecule has 10 heteroatoms. The molecule has 0 aliphatic heterocycles. The monoisotopic (exact) mass is 383 g/mol. The van der Waals surface area contributed by atoms with Gasteiger partial charge in [-0.2, -0.15) is 5.26 Å². The first-order valence-corrected chi connectivity index (χ1v) is 9.05. The van der Waals surface area contributed by atoms with Gasteiger partial charge >= 0.3 is 5.97 Å². The highest BCUT2D eigenvalue weighted by Gasteiger charge is 2.25. The van der Waals surface area contributed by atoms with Crippen LogP contribution in [0.3, 0.4) is 0 Å². The Labute approximate surface area is 152 Å². The van der Waals surface area contributed by atoms with Crippen molar-refractivity contribution in [3.05, 3.63) is 29.8 Å². The molecular formula is C16H21N3O6S. The van der Waals surface area contributed by atoms with Gasteiger partial charge in [0.15, 0.2) is 6.10 Å². The summed E-state index contributed by atoms with van der Waals surface area (Å²) >= 11 is 0. The molecule has 0 aromatic heterocycles. The summed E-state index contributed by atoms with van der Waals surface area (Å²) in [6, 6.07) is 7.14. The van der Waals surface area contributed by atoms with Crippen LogP contribution in [-0.4, -0.2) is 63.5 Å². The first kappa shape index (κ1) is 21.6. The molecule has 0 spiro atoms. The lowest BCUT2D eigenvalue weighted by Gasteiger charge is -2.20. The van der Waals surface area contributed by atoms with Gasteiger partial charge in [-0.1, -0.05) is 10.5 Å². The van der Waals surface area contributed by atoms with E-state index < -0.39 is 28.0 Å². The summed E-state index contributed by atoms with van der Waals surface area (Å²) in [4.78, 5) is 30.1. The quantitative estimate of drug-likeness (QED) is 0.481. The zero-order valence-electron chi connectivity index (χ0n) is 15.0. The van der Waals surface area contributed by atoms with Crippen molar-refractivity contribution in [2.45, 2.75) is 24.3 Å². The Hall–Kier alpha value is -2.48. The highest BCUT2D eigenvalue weighted by molar-refractivity contribution is 7.89. The number of rotatable bonds is 8. The number of likely N-dealkylation sites (N-methyl/N-ethyl adjacent to an activating group) is 1. The fourth-order valence-electron chi connectivity index (χ4n) is 1.95. The Balaban J connectivity index is 2.91. The molecule has 0 bridgehead atoms. The molecule has 0 saturated heterocycles. The van der Waals surface area contributed by atoms with Crippen molar-refractivity contribution in [3.63, 3.8) is 0 Å². The molecule has 0 unspecified atom stereocenters. The molecular weight excluding hydrogens is 362 g/mol. The number of nitrogens with zero attached hydrogens (tertiary/aromatic N) is 3. The van der Waals surface area contributed by atoms with Crippen molar-refractivity contribution in [2.24, 2.45) is 0 Å². The maximum atomic E-state index is 12.2. The molecule has 1 amide bonds. The second kappa shape index (κ2) is 9.28. The van der Waals surface area contributed by atoms with E-state index in [1.807, 2.05) is 6.07 Å². The third-order valence-electron chi connectivity index (χ3n) is 3.53. The molecule has 1 aromatic rings. The summed E-state index contributed by atoms with van der Waals surface area (Å²) in [5, 5.41) is 8.54. The molecule has 0 aliphatic rings. The number of amides is 1. The fraction of sp³-hybridized carbons (Fsp3) is 0.438. The summed E-state index contributed by atoms with van der Waals surface area (Å²) in [6.07, 6.45) is -0.913. The molecule has 9 nitrogen and oxygen atoms in total. The summed E-state index contributed by atoms with van der Waals surface area (Å²) in [5.74, 6) is -1.30. The topological polar surface area (TPSA) is 117 Å². The van der Waals surface area contributed by atoms with Gasteiger partial charge in [-0.15, -0.1) is 0 Å². The van der Waals surface area contributed by atoms with Gasteiger partial charge in [0, 0.05) is 20.6 Å².